The fourth-order valence-electron chi connectivity index (χ4n) is 1.85. The Bertz CT molecular complexity index is 1050. The molecule has 0 amide bonds. The maximum Gasteiger partial charge on any atom is 0.341 e. The number of hydrogen-bond donors (Lipinski definition) is 0. The summed E-state index contributed by atoms with van der Waals surface area (Å²) in [5.74, 6) is -3.44. The maximum atomic E-state index is 12.5. The van der Waals surface area contributed by atoms with Crippen LogP contribution < -0.4 is 17.1 Å². The second-order valence-corrected chi connectivity index (χ2v) is 5.29. The molecule has 18 heteroatoms. The first-order valence-electron chi connectivity index (χ1n) is 8.29. The third kappa shape index (κ3) is 7.95. The van der Waals surface area contributed by atoms with Crippen LogP contribution in [0.1, 0.15) is 0 Å². The molecule has 1 aromatic heterocycles. The fourth-order valence-corrected chi connectivity index (χ4v) is 1.85. The maximum absolute atomic E-state index is 12.5. The lowest BCUT2D eigenvalue weighted by molar-refractivity contribution is -0.146. The van der Waals surface area contributed by atoms with Gasteiger partial charge in [-0.1, -0.05) is 0 Å². The predicted molar refractivity (Wildman–Crippen MR) is 96.5 cm³/mol. The molecule has 0 atom stereocenters. The molecule has 0 fully saturated rings. The van der Waals surface area contributed by atoms with Crippen LogP contribution in [-0.4, -0.2) is 69.5 Å². The van der Waals surface area contributed by atoms with Gasteiger partial charge in [0.05, 0.1) is 0 Å². The highest BCUT2D eigenvalue weighted by atomic mass is 16.6. The zero-order valence-electron chi connectivity index (χ0n) is 16.3. The van der Waals surface area contributed by atoms with Gasteiger partial charge in [0.1, 0.15) is 19.6 Å². The number of isocyanates is 3. The largest absolute Gasteiger partial charge is 0.442 e. The summed E-state index contributed by atoms with van der Waals surface area (Å²) in [5, 5.41) is 0. The van der Waals surface area contributed by atoms with Gasteiger partial charge in [-0.15, -0.1) is 0 Å². The number of carbonyl (C=O) groups is 3. The van der Waals surface area contributed by atoms with Gasteiger partial charge in [-0.2, -0.15) is 15.0 Å². The van der Waals surface area contributed by atoms with E-state index in [4.69, 9.17) is 0 Å². The summed E-state index contributed by atoms with van der Waals surface area (Å²) in [7, 11) is 0. The smallest absolute Gasteiger partial charge is 0.341 e. The Morgan fingerprint density at radius 1 is 0.576 bits per heavy atom. The SMILES string of the molecule is O=C=NCC(=O)OCn1c(=O)n(COC(=O)CN=C=O)c(=O)n(COC(=O)CN=C=O)c1=O. The third-order valence-corrected chi connectivity index (χ3v) is 3.27. The Balaban J connectivity index is 3.33. The molecule has 0 saturated heterocycles. The average molecular weight is 468 g/mol. The summed E-state index contributed by atoms with van der Waals surface area (Å²) < 4.78 is 14.4. The van der Waals surface area contributed by atoms with E-state index in [9.17, 15) is 43.2 Å². The molecular weight excluding hydrogens is 456 g/mol. The number of ether oxygens (including phenoxy) is 3. The van der Waals surface area contributed by atoms with Crippen molar-refractivity contribution in [3.8, 4) is 0 Å². The van der Waals surface area contributed by atoms with Crippen LogP contribution >= 0.6 is 0 Å². The molecule has 0 aliphatic rings. The van der Waals surface area contributed by atoms with Crippen molar-refractivity contribution in [1.82, 2.24) is 13.7 Å². The first kappa shape index (κ1) is 26.0. The highest BCUT2D eigenvalue weighted by molar-refractivity contribution is 5.73. The molecule has 18 nitrogen and oxygen atoms in total. The standard InChI is InChI=1S/C15H12N6O12/c22-4-16-1-10(25)31-7-19-13(28)20(8-32-11(26)2-17-5-23)15(30)21(14(19)29)9-33-12(27)3-18-6-24/h1-3,7-9H2. The van der Waals surface area contributed by atoms with E-state index in [-0.39, 0.29) is 13.7 Å². The average Bonchev–Trinajstić information content (AvgIpc) is 2.79. The van der Waals surface area contributed by atoms with E-state index in [1.54, 1.807) is 0 Å². The molecule has 0 aromatic carbocycles. The summed E-state index contributed by atoms with van der Waals surface area (Å²) in [4.78, 5) is 111. The van der Waals surface area contributed by atoms with Crippen molar-refractivity contribution < 1.29 is 43.0 Å². The van der Waals surface area contributed by atoms with Gasteiger partial charge in [-0.3, -0.25) is 0 Å². The monoisotopic (exact) mass is 468 g/mol. The second-order valence-electron chi connectivity index (χ2n) is 5.29. The molecule has 0 aliphatic carbocycles. The Morgan fingerprint density at radius 3 is 1.03 bits per heavy atom. The van der Waals surface area contributed by atoms with E-state index in [1.807, 2.05) is 0 Å². The third-order valence-electron chi connectivity index (χ3n) is 3.27. The van der Waals surface area contributed by atoms with Crippen LogP contribution in [0.25, 0.3) is 0 Å². The van der Waals surface area contributed by atoms with Crippen LogP contribution in [0.15, 0.2) is 29.4 Å². The zero-order chi connectivity index (χ0) is 24.8. The lowest BCUT2D eigenvalue weighted by atomic mass is 10.7. The minimum absolute atomic E-state index is 0.193. The summed E-state index contributed by atoms with van der Waals surface area (Å²) in [6, 6.07) is 0. The number of rotatable bonds is 12. The number of esters is 3. The van der Waals surface area contributed by atoms with Crippen LogP contribution in [0.2, 0.25) is 0 Å². The van der Waals surface area contributed by atoms with Gasteiger partial charge in [0.25, 0.3) is 0 Å². The van der Waals surface area contributed by atoms with E-state index >= 15 is 0 Å². The second kappa shape index (κ2) is 13.3. The molecule has 0 saturated carbocycles. The highest BCUT2D eigenvalue weighted by Gasteiger charge is 2.19. The normalized spacial score (nSPS) is 9.45. The van der Waals surface area contributed by atoms with Crippen LogP contribution in [0.5, 0.6) is 0 Å². The van der Waals surface area contributed by atoms with Gasteiger partial charge in [0, 0.05) is 0 Å². The predicted octanol–water partition coefficient (Wildman–Crippen LogP) is -4.32. The van der Waals surface area contributed by atoms with Crippen LogP contribution in [0, 0.1) is 0 Å². The molecule has 0 unspecified atom stereocenters. The fraction of sp³-hybridized carbons (Fsp3) is 0.400. The van der Waals surface area contributed by atoms with Gasteiger partial charge < -0.3 is 14.2 Å². The molecule has 1 rings (SSSR count). The van der Waals surface area contributed by atoms with Gasteiger partial charge >= 0.3 is 35.0 Å². The first-order chi connectivity index (χ1) is 15.8. The molecule has 33 heavy (non-hydrogen) atoms. The molecule has 0 spiro atoms. The van der Waals surface area contributed by atoms with Crippen molar-refractivity contribution in [2.75, 3.05) is 19.6 Å². The Morgan fingerprint density at radius 2 is 0.818 bits per heavy atom. The van der Waals surface area contributed by atoms with Crippen LogP contribution in [0.4, 0.5) is 0 Å². The van der Waals surface area contributed by atoms with E-state index in [0.717, 1.165) is 18.2 Å². The van der Waals surface area contributed by atoms with E-state index < -0.39 is 74.8 Å². The summed E-state index contributed by atoms with van der Waals surface area (Å²) in [5.41, 5.74) is -4.22. The van der Waals surface area contributed by atoms with Crippen molar-refractivity contribution in [2.24, 2.45) is 15.0 Å². The van der Waals surface area contributed by atoms with Crippen molar-refractivity contribution in [3.63, 3.8) is 0 Å². The Kier molecular flexibility index (Phi) is 10.5. The summed E-state index contributed by atoms with van der Waals surface area (Å²) in [6.07, 6.45) is 3.19. The lowest BCUT2D eigenvalue weighted by Gasteiger charge is -2.14. The molecule has 1 aromatic rings. The van der Waals surface area contributed by atoms with Crippen LogP contribution in [-0.2, 0) is 63.2 Å². The van der Waals surface area contributed by atoms with Gasteiger partial charge in [-0.05, 0) is 0 Å². The van der Waals surface area contributed by atoms with E-state index in [0.29, 0.717) is 0 Å². The number of nitrogens with zero attached hydrogens (tertiary/aromatic N) is 6. The number of aromatic nitrogens is 3. The van der Waals surface area contributed by atoms with E-state index in [1.165, 1.54) is 0 Å². The molecule has 174 valence electrons. The Hall–Kier alpha value is -5.04. The molecule has 0 radical (unpaired) electrons. The molecule has 1 heterocycles. The van der Waals surface area contributed by atoms with Crippen molar-refractivity contribution in [1.29, 1.82) is 0 Å². The van der Waals surface area contributed by atoms with E-state index in [2.05, 4.69) is 29.2 Å². The Labute approximate surface area is 180 Å². The number of carbonyl (C=O) groups excluding carboxylic acids is 6. The number of hydrogen-bond acceptors (Lipinski definition) is 15. The summed E-state index contributed by atoms with van der Waals surface area (Å²) in [6.45, 7) is -5.56. The molecular formula is C15H12N6O12. The zero-order valence-corrected chi connectivity index (χ0v) is 16.3. The molecule has 0 N–H and O–H groups in total. The topological polar surface area (TPSA) is 233 Å². The minimum atomic E-state index is -1.41. The van der Waals surface area contributed by atoms with Gasteiger partial charge in [0.2, 0.25) is 18.2 Å². The molecule has 0 aliphatic heterocycles. The molecule has 0 bridgehead atoms. The summed E-state index contributed by atoms with van der Waals surface area (Å²) >= 11 is 0. The van der Waals surface area contributed by atoms with Crippen molar-refractivity contribution >= 4 is 36.1 Å². The highest BCUT2D eigenvalue weighted by Crippen LogP contribution is 1.88. The lowest BCUT2D eigenvalue weighted by Crippen LogP contribution is -2.55. The number of aliphatic imine (C=N–C) groups is 3. The first-order valence-corrected chi connectivity index (χ1v) is 8.29. The van der Waals surface area contributed by atoms with Crippen molar-refractivity contribution in [2.45, 2.75) is 20.2 Å². The quantitative estimate of drug-likeness (QED) is 0.123. The van der Waals surface area contributed by atoms with Gasteiger partial charge in [0.15, 0.2) is 20.2 Å². The van der Waals surface area contributed by atoms with Gasteiger partial charge in [-0.25, -0.2) is 56.9 Å². The van der Waals surface area contributed by atoms with Crippen LogP contribution in [0.3, 0.4) is 0 Å². The van der Waals surface area contributed by atoms with Crippen molar-refractivity contribution in [3.05, 3.63) is 31.5 Å². The minimum Gasteiger partial charge on any atom is -0.442 e.